The van der Waals surface area contributed by atoms with Gasteiger partial charge in [0.25, 0.3) is 11.8 Å². The Bertz CT molecular complexity index is 862. The highest BCUT2D eigenvalue weighted by Gasteiger charge is 2.33. The number of H-pyrrole nitrogens is 1. The Hall–Kier alpha value is -2.78. The first-order chi connectivity index (χ1) is 12.9. The molecular formula is C18H24N6O3. The van der Waals surface area contributed by atoms with E-state index < -0.39 is 12.1 Å². The Labute approximate surface area is 156 Å². The van der Waals surface area contributed by atoms with E-state index in [1.54, 1.807) is 6.20 Å². The van der Waals surface area contributed by atoms with Gasteiger partial charge in [-0.2, -0.15) is 0 Å². The Morgan fingerprint density at radius 1 is 1.48 bits per heavy atom. The van der Waals surface area contributed by atoms with Crippen molar-refractivity contribution in [1.29, 1.82) is 0 Å². The number of rotatable bonds is 5. The molecule has 1 aliphatic heterocycles. The number of carbonyl (C=O) groups is 2. The summed E-state index contributed by atoms with van der Waals surface area (Å²) in [7, 11) is 0. The minimum atomic E-state index is -0.741. The molecule has 0 saturated carbocycles. The van der Waals surface area contributed by atoms with Crippen molar-refractivity contribution in [1.82, 2.24) is 25.6 Å². The highest BCUT2D eigenvalue weighted by atomic mass is 16.3. The molecule has 9 heteroatoms. The van der Waals surface area contributed by atoms with Crippen molar-refractivity contribution >= 4 is 28.8 Å². The lowest BCUT2D eigenvalue weighted by Crippen LogP contribution is -2.55. The van der Waals surface area contributed by atoms with Gasteiger partial charge in [0, 0.05) is 18.8 Å². The van der Waals surface area contributed by atoms with Crippen molar-refractivity contribution in [2.45, 2.75) is 38.5 Å². The monoisotopic (exact) mass is 372 g/mol. The summed E-state index contributed by atoms with van der Waals surface area (Å²) in [5.41, 5.74) is 1.17. The topological polar surface area (TPSA) is 123 Å². The number of nitrogens with one attached hydrogen (secondary N) is 3. The molecule has 0 unspecified atom stereocenters. The van der Waals surface area contributed by atoms with Crippen LogP contribution in [-0.4, -0.2) is 63.1 Å². The normalized spacial score (nSPS) is 19.9. The van der Waals surface area contributed by atoms with E-state index in [-0.39, 0.29) is 23.7 Å². The van der Waals surface area contributed by atoms with Crippen LogP contribution in [0.3, 0.4) is 0 Å². The number of aliphatic hydroxyl groups is 1. The summed E-state index contributed by atoms with van der Waals surface area (Å²) in [5.74, 6) is -0.374. The molecule has 9 nitrogen and oxygen atoms in total. The SMILES string of the molecule is C=CC(=O)N(c1cnc2[nH]cc(C(=O)NC(C)C)c2n1)[C@@H]1CCNC[C@H]1O. The van der Waals surface area contributed by atoms with Crippen molar-refractivity contribution in [3.63, 3.8) is 0 Å². The number of hydrogen-bond acceptors (Lipinski definition) is 6. The van der Waals surface area contributed by atoms with Gasteiger partial charge in [0.15, 0.2) is 11.5 Å². The molecule has 3 rings (SSSR count). The summed E-state index contributed by atoms with van der Waals surface area (Å²) in [6.07, 6.45) is 4.01. The molecule has 0 spiro atoms. The number of piperidine rings is 1. The molecule has 1 saturated heterocycles. The number of β-amino-alcohol motifs (C(OH)–C–C–N with tert-alkyl or cyclic N) is 1. The molecule has 0 aromatic carbocycles. The van der Waals surface area contributed by atoms with Gasteiger partial charge in [0.1, 0.15) is 5.52 Å². The molecule has 2 aromatic heterocycles. The minimum Gasteiger partial charge on any atom is -0.390 e. The molecular weight excluding hydrogens is 348 g/mol. The molecule has 1 aliphatic rings. The molecule has 4 N–H and O–H groups in total. The van der Waals surface area contributed by atoms with Gasteiger partial charge in [-0.15, -0.1) is 0 Å². The summed E-state index contributed by atoms with van der Waals surface area (Å²) < 4.78 is 0. The molecule has 2 atom stereocenters. The van der Waals surface area contributed by atoms with E-state index in [9.17, 15) is 14.7 Å². The average molecular weight is 372 g/mol. The highest BCUT2D eigenvalue weighted by Crippen LogP contribution is 2.24. The zero-order valence-corrected chi connectivity index (χ0v) is 15.4. The molecule has 3 heterocycles. The Kier molecular flexibility index (Phi) is 5.52. The lowest BCUT2D eigenvalue weighted by atomic mass is 10.0. The summed E-state index contributed by atoms with van der Waals surface area (Å²) >= 11 is 0. The van der Waals surface area contributed by atoms with Crippen LogP contribution in [0.4, 0.5) is 5.82 Å². The largest absolute Gasteiger partial charge is 0.390 e. The first-order valence-corrected chi connectivity index (χ1v) is 8.91. The first-order valence-electron chi connectivity index (χ1n) is 8.91. The van der Waals surface area contributed by atoms with E-state index in [2.05, 4.69) is 32.2 Å². The van der Waals surface area contributed by atoms with Gasteiger partial charge < -0.3 is 20.7 Å². The number of aliphatic hydroxyl groups excluding tert-OH is 1. The summed E-state index contributed by atoms with van der Waals surface area (Å²) in [6, 6.07) is -0.474. The predicted octanol–water partition coefficient (Wildman–Crippen LogP) is 0.338. The minimum absolute atomic E-state index is 0.0256. The first kappa shape index (κ1) is 19.0. The van der Waals surface area contributed by atoms with Crippen molar-refractivity contribution < 1.29 is 14.7 Å². The fourth-order valence-corrected chi connectivity index (χ4v) is 3.19. The molecule has 0 bridgehead atoms. The third-order valence-corrected chi connectivity index (χ3v) is 4.44. The van der Waals surface area contributed by atoms with Gasteiger partial charge in [0.05, 0.1) is 23.9 Å². The van der Waals surface area contributed by atoms with Gasteiger partial charge in [-0.1, -0.05) is 6.58 Å². The number of carbonyl (C=O) groups excluding carboxylic acids is 2. The van der Waals surface area contributed by atoms with Gasteiger partial charge in [0.2, 0.25) is 0 Å². The van der Waals surface area contributed by atoms with Crippen LogP contribution in [0.1, 0.15) is 30.6 Å². The van der Waals surface area contributed by atoms with Crippen molar-refractivity contribution in [2.24, 2.45) is 0 Å². The summed E-state index contributed by atoms with van der Waals surface area (Å²) in [4.78, 5) is 38.1. The molecule has 2 aromatic rings. The molecule has 144 valence electrons. The predicted molar refractivity (Wildman–Crippen MR) is 101 cm³/mol. The summed E-state index contributed by atoms with van der Waals surface area (Å²) in [6.45, 7) is 8.34. The lowest BCUT2D eigenvalue weighted by Gasteiger charge is -2.36. The van der Waals surface area contributed by atoms with Crippen LogP contribution in [0.5, 0.6) is 0 Å². The number of aromatic nitrogens is 3. The van der Waals surface area contributed by atoms with Gasteiger partial charge >= 0.3 is 0 Å². The van der Waals surface area contributed by atoms with Crippen LogP contribution in [0.2, 0.25) is 0 Å². The summed E-state index contributed by atoms with van der Waals surface area (Å²) in [5, 5.41) is 16.3. The smallest absolute Gasteiger partial charge is 0.255 e. The quantitative estimate of drug-likeness (QED) is 0.561. The Morgan fingerprint density at radius 3 is 2.93 bits per heavy atom. The van der Waals surface area contributed by atoms with Crippen molar-refractivity contribution in [2.75, 3.05) is 18.0 Å². The number of nitrogens with zero attached hydrogens (tertiary/aromatic N) is 3. The van der Waals surface area contributed by atoms with Crippen LogP contribution in [0.25, 0.3) is 11.2 Å². The van der Waals surface area contributed by atoms with Crippen LogP contribution >= 0.6 is 0 Å². The molecule has 0 aliphatic carbocycles. The van der Waals surface area contributed by atoms with Crippen LogP contribution in [0.15, 0.2) is 25.0 Å². The van der Waals surface area contributed by atoms with E-state index in [0.717, 1.165) is 0 Å². The maximum atomic E-state index is 12.5. The lowest BCUT2D eigenvalue weighted by molar-refractivity contribution is -0.115. The third-order valence-electron chi connectivity index (χ3n) is 4.44. The maximum Gasteiger partial charge on any atom is 0.255 e. The van der Waals surface area contributed by atoms with Crippen LogP contribution in [-0.2, 0) is 4.79 Å². The molecule has 1 fully saturated rings. The maximum absolute atomic E-state index is 12.5. The fraction of sp³-hybridized carbons (Fsp3) is 0.444. The number of aromatic amines is 1. The zero-order valence-electron chi connectivity index (χ0n) is 15.4. The van der Waals surface area contributed by atoms with E-state index >= 15 is 0 Å². The number of fused-ring (bicyclic) bond motifs is 1. The van der Waals surface area contributed by atoms with E-state index in [0.29, 0.717) is 36.2 Å². The van der Waals surface area contributed by atoms with Crippen molar-refractivity contribution in [3.8, 4) is 0 Å². The second-order valence-electron chi connectivity index (χ2n) is 6.80. The van der Waals surface area contributed by atoms with Gasteiger partial charge in [-0.05, 0) is 32.9 Å². The Morgan fingerprint density at radius 2 is 2.26 bits per heavy atom. The third kappa shape index (κ3) is 3.83. The van der Waals surface area contributed by atoms with Gasteiger partial charge in [-0.3, -0.25) is 14.5 Å². The second kappa shape index (κ2) is 7.85. The standard InChI is InChI=1S/C18H24N6O3/c1-4-15(26)24(12-5-6-19-8-13(12)25)14-9-21-17-16(23-14)11(7-20-17)18(27)22-10(2)3/h4,7,9-10,12-13,19,25H,1,5-6,8H2,2-3H3,(H,20,21)(H,22,27)/t12-,13-/m1/s1. The van der Waals surface area contributed by atoms with E-state index in [1.165, 1.54) is 17.2 Å². The number of amides is 2. The van der Waals surface area contributed by atoms with Crippen LogP contribution < -0.4 is 15.5 Å². The number of hydrogen-bond donors (Lipinski definition) is 4. The number of anilines is 1. The molecule has 0 radical (unpaired) electrons. The fourth-order valence-electron chi connectivity index (χ4n) is 3.19. The van der Waals surface area contributed by atoms with E-state index in [1.807, 2.05) is 13.8 Å². The highest BCUT2D eigenvalue weighted by molar-refractivity contribution is 6.06. The molecule has 2 amide bonds. The average Bonchev–Trinajstić information content (AvgIpc) is 3.06. The van der Waals surface area contributed by atoms with Crippen LogP contribution in [0, 0.1) is 0 Å². The van der Waals surface area contributed by atoms with Crippen molar-refractivity contribution in [3.05, 3.63) is 30.6 Å². The zero-order chi connectivity index (χ0) is 19.6. The molecule has 27 heavy (non-hydrogen) atoms. The second-order valence-corrected chi connectivity index (χ2v) is 6.80. The van der Waals surface area contributed by atoms with Gasteiger partial charge in [-0.25, -0.2) is 9.97 Å². The Balaban J connectivity index is 2.03. The van der Waals surface area contributed by atoms with E-state index in [4.69, 9.17) is 0 Å².